The number of nitrogens with one attached hydrogen (secondary N) is 3. The Labute approximate surface area is 134 Å². The van der Waals surface area contributed by atoms with Crippen LogP contribution in [0.2, 0.25) is 0 Å². The highest BCUT2D eigenvalue weighted by atomic mass is 16.2. The van der Waals surface area contributed by atoms with Crippen molar-refractivity contribution >= 4 is 17.5 Å². The molecular formula is C16H21N5O2. The Balaban J connectivity index is 2.23. The molecule has 23 heavy (non-hydrogen) atoms. The minimum absolute atomic E-state index is 0.234. The van der Waals surface area contributed by atoms with E-state index in [9.17, 15) is 9.59 Å². The van der Waals surface area contributed by atoms with E-state index in [1.54, 1.807) is 13.0 Å². The molecule has 0 unspecified atom stereocenters. The summed E-state index contributed by atoms with van der Waals surface area (Å²) in [4.78, 5) is 27.7. The number of carbonyl (C=O) groups excluding carboxylic acids is 2. The van der Waals surface area contributed by atoms with Gasteiger partial charge in [-0.25, -0.2) is 4.98 Å². The number of para-hydroxylation sites is 1. The molecule has 2 amide bonds. The Morgan fingerprint density at radius 3 is 2.48 bits per heavy atom. The first-order valence-corrected chi connectivity index (χ1v) is 7.48. The van der Waals surface area contributed by atoms with Crippen molar-refractivity contribution < 1.29 is 9.59 Å². The zero-order valence-electron chi connectivity index (χ0n) is 13.7. The van der Waals surface area contributed by atoms with Crippen LogP contribution in [-0.4, -0.2) is 33.0 Å². The molecule has 0 saturated heterocycles. The van der Waals surface area contributed by atoms with Gasteiger partial charge in [-0.2, -0.15) is 5.10 Å². The molecule has 7 heteroatoms. The van der Waals surface area contributed by atoms with Crippen LogP contribution in [0.15, 0.2) is 24.3 Å². The standard InChI is InChI=1S/C16H21N5O2/c1-9(2)14-19-15(21-20-14)12-7-5-6-8-13(12)18-16(23)10(3)17-11(4)22/h5-10H,1-4H3,(H,17,22)(H,18,23)(H,19,20,21)/t10-/m1/s1. The van der Waals surface area contributed by atoms with Gasteiger partial charge in [-0.1, -0.05) is 26.0 Å². The fourth-order valence-electron chi connectivity index (χ4n) is 2.05. The summed E-state index contributed by atoms with van der Waals surface area (Å²) >= 11 is 0. The zero-order chi connectivity index (χ0) is 17.0. The summed E-state index contributed by atoms with van der Waals surface area (Å²) in [6, 6.07) is 6.66. The molecule has 0 aliphatic heterocycles. The van der Waals surface area contributed by atoms with E-state index in [-0.39, 0.29) is 17.7 Å². The highest BCUT2D eigenvalue weighted by molar-refractivity contribution is 5.99. The van der Waals surface area contributed by atoms with Gasteiger partial charge in [0.15, 0.2) is 5.82 Å². The van der Waals surface area contributed by atoms with Crippen LogP contribution in [0.1, 0.15) is 39.4 Å². The van der Waals surface area contributed by atoms with Crippen molar-refractivity contribution in [3.8, 4) is 11.4 Å². The number of aromatic nitrogens is 3. The van der Waals surface area contributed by atoms with E-state index >= 15 is 0 Å². The quantitative estimate of drug-likeness (QED) is 0.786. The summed E-state index contributed by atoms with van der Waals surface area (Å²) in [5, 5.41) is 12.5. The van der Waals surface area contributed by atoms with Crippen LogP contribution in [0.3, 0.4) is 0 Å². The maximum Gasteiger partial charge on any atom is 0.246 e. The van der Waals surface area contributed by atoms with Crippen molar-refractivity contribution in [1.82, 2.24) is 20.5 Å². The van der Waals surface area contributed by atoms with E-state index in [4.69, 9.17) is 0 Å². The molecule has 0 radical (unpaired) electrons. The number of amides is 2. The first-order chi connectivity index (χ1) is 10.9. The van der Waals surface area contributed by atoms with Gasteiger partial charge in [0.2, 0.25) is 11.8 Å². The molecule has 7 nitrogen and oxygen atoms in total. The summed E-state index contributed by atoms with van der Waals surface area (Å²) in [5.74, 6) is 0.992. The average Bonchev–Trinajstić information content (AvgIpc) is 2.97. The lowest BCUT2D eigenvalue weighted by Gasteiger charge is -2.14. The molecule has 1 heterocycles. The molecule has 2 rings (SSSR count). The summed E-state index contributed by atoms with van der Waals surface area (Å²) in [5.41, 5.74) is 1.32. The lowest BCUT2D eigenvalue weighted by Crippen LogP contribution is -2.40. The minimum atomic E-state index is -0.626. The molecule has 1 aromatic heterocycles. The predicted octanol–water partition coefficient (Wildman–Crippen LogP) is 2.06. The van der Waals surface area contributed by atoms with Crippen LogP contribution in [0.4, 0.5) is 5.69 Å². The summed E-state index contributed by atoms with van der Waals surface area (Å²) in [7, 11) is 0. The number of anilines is 1. The van der Waals surface area contributed by atoms with Gasteiger partial charge >= 0.3 is 0 Å². The van der Waals surface area contributed by atoms with Gasteiger partial charge in [0.1, 0.15) is 11.9 Å². The predicted molar refractivity (Wildman–Crippen MR) is 87.8 cm³/mol. The number of nitrogens with zero attached hydrogens (tertiary/aromatic N) is 2. The topological polar surface area (TPSA) is 99.8 Å². The Morgan fingerprint density at radius 1 is 1.17 bits per heavy atom. The molecule has 122 valence electrons. The monoisotopic (exact) mass is 315 g/mol. The Bertz CT molecular complexity index is 708. The molecule has 0 fully saturated rings. The van der Waals surface area contributed by atoms with Crippen LogP contribution in [0.25, 0.3) is 11.4 Å². The van der Waals surface area contributed by atoms with E-state index in [0.29, 0.717) is 11.5 Å². The summed E-state index contributed by atoms with van der Waals surface area (Å²) in [6.45, 7) is 7.04. The molecule has 0 aliphatic rings. The zero-order valence-corrected chi connectivity index (χ0v) is 13.7. The van der Waals surface area contributed by atoms with Crippen LogP contribution >= 0.6 is 0 Å². The van der Waals surface area contributed by atoms with Gasteiger partial charge in [-0.3, -0.25) is 14.7 Å². The molecule has 2 aromatic rings. The fraction of sp³-hybridized carbons (Fsp3) is 0.375. The van der Waals surface area contributed by atoms with Crippen molar-refractivity contribution in [2.24, 2.45) is 0 Å². The van der Waals surface area contributed by atoms with E-state index in [1.165, 1.54) is 6.92 Å². The second-order valence-electron chi connectivity index (χ2n) is 5.66. The minimum Gasteiger partial charge on any atom is -0.345 e. The van der Waals surface area contributed by atoms with Gasteiger partial charge in [-0.05, 0) is 19.1 Å². The van der Waals surface area contributed by atoms with Crippen molar-refractivity contribution in [2.45, 2.75) is 39.7 Å². The molecule has 1 atom stereocenters. The van der Waals surface area contributed by atoms with Gasteiger partial charge < -0.3 is 10.6 Å². The van der Waals surface area contributed by atoms with Crippen molar-refractivity contribution in [3.05, 3.63) is 30.1 Å². The van der Waals surface area contributed by atoms with Gasteiger partial charge in [0.25, 0.3) is 0 Å². The maximum absolute atomic E-state index is 12.2. The van der Waals surface area contributed by atoms with Crippen molar-refractivity contribution in [2.75, 3.05) is 5.32 Å². The third kappa shape index (κ3) is 4.15. The summed E-state index contributed by atoms with van der Waals surface area (Å²) < 4.78 is 0. The maximum atomic E-state index is 12.2. The molecule has 0 spiro atoms. The van der Waals surface area contributed by atoms with Crippen LogP contribution in [-0.2, 0) is 9.59 Å². The highest BCUT2D eigenvalue weighted by Gasteiger charge is 2.17. The first-order valence-electron chi connectivity index (χ1n) is 7.48. The van der Waals surface area contributed by atoms with Crippen LogP contribution < -0.4 is 10.6 Å². The number of benzene rings is 1. The molecule has 1 aromatic carbocycles. The SMILES string of the molecule is CC(=O)N[C@H](C)C(=O)Nc1ccccc1-c1n[nH]c(C(C)C)n1. The molecular weight excluding hydrogens is 294 g/mol. The fourth-order valence-corrected chi connectivity index (χ4v) is 2.05. The summed E-state index contributed by atoms with van der Waals surface area (Å²) in [6.07, 6.45) is 0. The smallest absolute Gasteiger partial charge is 0.246 e. The number of hydrogen-bond acceptors (Lipinski definition) is 4. The number of hydrogen-bond donors (Lipinski definition) is 3. The number of rotatable bonds is 5. The third-order valence-electron chi connectivity index (χ3n) is 3.29. The van der Waals surface area contributed by atoms with Crippen molar-refractivity contribution in [1.29, 1.82) is 0 Å². The average molecular weight is 315 g/mol. The lowest BCUT2D eigenvalue weighted by atomic mass is 10.1. The molecule has 3 N–H and O–H groups in total. The van der Waals surface area contributed by atoms with E-state index in [0.717, 1.165) is 11.4 Å². The first kappa shape index (κ1) is 16.7. The second-order valence-corrected chi connectivity index (χ2v) is 5.66. The largest absolute Gasteiger partial charge is 0.345 e. The third-order valence-corrected chi connectivity index (χ3v) is 3.29. The number of aromatic amines is 1. The van der Waals surface area contributed by atoms with Gasteiger partial charge in [-0.15, -0.1) is 0 Å². The van der Waals surface area contributed by atoms with Gasteiger partial charge in [0.05, 0.1) is 5.69 Å². The normalized spacial score (nSPS) is 12.0. The van der Waals surface area contributed by atoms with E-state index < -0.39 is 6.04 Å². The molecule has 0 aliphatic carbocycles. The molecule has 0 saturated carbocycles. The van der Waals surface area contributed by atoms with E-state index in [2.05, 4.69) is 25.8 Å². The Hall–Kier alpha value is -2.70. The Morgan fingerprint density at radius 2 is 1.87 bits per heavy atom. The molecule has 0 bridgehead atoms. The van der Waals surface area contributed by atoms with E-state index in [1.807, 2.05) is 32.0 Å². The number of carbonyl (C=O) groups is 2. The second kappa shape index (κ2) is 7.04. The van der Waals surface area contributed by atoms with Crippen LogP contribution in [0, 0.1) is 0 Å². The van der Waals surface area contributed by atoms with Gasteiger partial charge in [0, 0.05) is 18.4 Å². The Kier molecular flexibility index (Phi) is 5.10. The lowest BCUT2D eigenvalue weighted by molar-refractivity contribution is -0.124. The van der Waals surface area contributed by atoms with Crippen molar-refractivity contribution in [3.63, 3.8) is 0 Å². The van der Waals surface area contributed by atoms with Crippen LogP contribution in [0.5, 0.6) is 0 Å². The number of H-pyrrole nitrogens is 1. The highest BCUT2D eigenvalue weighted by Crippen LogP contribution is 2.25.